The van der Waals surface area contributed by atoms with E-state index in [0.29, 0.717) is 5.02 Å². The molecule has 1 aromatic rings. The molecule has 20 heavy (non-hydrogen) atoms. The smallest absolute Gasteiger partial charge is 0.227 e. The first kappa shape index (κ1) is 15.9. The van der Waals surface area contributed by atoms with Crippen molar-refractivity contribution in [1.82, 2.24) is 5.32 Å². The molecular weight excluding hydrogens is 317 g/mol. The zero-order chi connectivity index (χ0) is 15.1. The number of rotatable bonds is 4. The number of alkyl halides is 2. The number of nitrogens with one attached hydrogen (secondary N) is 1. The van der Waals surface area contributed by atoms with Gasteiger partial charge in [0.2, 0.25) is 5.91 Å². The van der Waals surface area contributed by atoms with Crippen LogP contribution in [0.2, 0.25) is 5.02 Å². The Labute approximate surface area is 134 Å². The summed E-state index contributed by atoms with van der Waals surface area (Å²) < 4.78 is -0.967. The van der Waals surface area contributed by atoms with Crippen molar-refractivity contribution >= 4 is 40.7 Å². The zero-order valence-corrected chi connectivity index (χ0v) is 14.0. The summed E-state index contributed by atoms with van der Waals surface area (Å²) >= 11 is 18.3. The average Bonchev–Trinajstić information content (AvgIpc) is 2.84. The highest BCUT2D eigenvalue weighted by Crippen LogP contribution is 2.70. The predicted molar refractivity (Wildman–Crippen MR) is 84.3 cm³/mol. The van der Waals surface area contributed by atoms with Crippen LogP contribution >= 0.6 is 34.8 Å². The van der Waals surface area contributed by atoms with Gasteiger partial charge in [-0.3, -0.25) is 4.79 Å². The average molecular weight is 335 g/mol. The number of amides is 1. The summed E-state index contributed by atoms with van der Waals surface area (Å²) in [5.74, 6) is -0.458. The van der Waals surface area contributed by atoms with Crippen LogP contribution in [-0.2, 0) is 4.79 Å². The first-order chi connectivity index (χ1) is 9.24. The van der Waals surface area contributed by atoms with Crippen LogP contribution in [0.3, 0.4) is 0 Å². The largest absolute Gasteiger partial charge is 0.349 e. The zero-order valence-electron chi connectivity index (χ0n) is 11.7. The maximum atomic E-state index is 12.3. The van der Waals surface area contributed by atoms with E-state index < -0.39 is 4.33 Å². The van der Waals surface area contributed by atoms with Crippen LogP contribution in [-0.4, -0.2) is 10.2 Å². The molecule has 1 N–H and O–H groups in total. The lowest BCUT2D eigenvalue weighted by Crippen LogP contribution is -2.30. The Hall–Kier alpha value is -0.440. The molecule has 0 aliphatic heterocycles. The normalized spacial score (nSPS) is 28.8. The van der Waals surface area contributed by atoms with Gasteiger partial charge < -0.3 is 5.32 Å². The third kappa shape index (κ3) is 2.54. The molecule has 3 unspecified atom stereocenters. The van der Waals surface area contributed by atoms with E-state index in [2.05, 4.69) is 5.32 Å². The summed E-state index contributed by atoms with van der Waals surface area (Å²) in [6.07, 6.45) is 0.771. The van der Waals surface area contributed by atoms with Crippen molar-refractivity contribution in [1.29, 1.82) is 0 Å². The second-order valence-electron chi connectivity index (χ2n) is 5.61. The van der Waals surface area contributed by atoms with Crippen LogP contribution in [0, 0.1) is 11.3 Å². The van der Waals surface area contributed by atoms with Gasteiger partial charge in [0.05, 0.1) is 12.0 Å². The number of benzene rings is 1. The molecule has 5 heteroatoms. The van der Waals surface area contributed by atoms with Crippen LogP contribution in [0.15, 0.2) is 24.3 Å². The number of hydrogen-bond donors (Lipinski definition) is 1. The molecule has 0 radical (unpaired) electrons. The van der Waals surface area contributed by atoms with Crippen LogP contribution in [0.4, 0.5) is 0 Å². The van der Waals surface area contributed by atoms with Gasteiger partial charge in [-0.25, -0.2) is 0 Å². The van der Waals surface area contributed by atoms with Gasteiger partial charge in [-0.1, -0.05) is 37.6 Å². The molecule has 0 heterocycles. The van der Waals surface area contributed by atoms with Crippen molar-refractivity contribution in [2.75, 3.05) is 0 Å². The topological polar surface area (TPSA) is 29.1 Å². The Balaban J connectivity index is 2.04. The second-order valence-corrected chi connectivity index (χ2v) is 7.43. The Morgan fingerprint density at radius 3 is 2.35 bits per heavy atom. The molecule has 1 amide bonds. The summed E-state index contributed by atoms with van der Waals surface area (Å²) in [6, 6.07) is 7.30. The van der Waals surface area contributed by atoms with Gasteiger partial charge in [0.1, 0.15) is 4.33 Å². The Morgan fingerprint density at radius 2 is 1.90 bits per heavy atom. The molecule has 1 aliphatic rings. The Kier molecular flexibility index (Phi) is 4.30. The highest BCUT2D eigenvalue weighted by Gasteiger charge is 2.75. The SMILES string of the molecule is CCC1(C)C(C(=O)NC(C)c2ccc(Cl)cc2)C1(Cl)Cl. The lowest BCUT2D eigenvalue weighted by atomic mass is 10.0. The number of halogens is 3. The Bertz CT molecular complexity index is 514. The van der Waals surface area contributed by atoms with Crippen molar-refractivity contribution < 1.29 is 4.79 Å². The van der Waals surface area contributed by atoms with Gasteiger partial charge in [-0.2, -0.15) is 0 Å². The minimum absolute atomic E-state index is 0.0956. The molecule has 0 saturated heterocycles. The van der Waals surface area contributed by atoms with E-state index in [1.807, 2.05) is 32.9 Å². The van der Waals surface area contributed by atoms with Gasteiger partial charge in [-0.15, -0.1) is 23.2 Å². The van der Waals surface area contributed by atoms with Gasteiger partial charge in [0, 0.05) is 10.4 Å². The van der Waals surface area contributed by atoms with Crippen LogP contribution in [0.25, 0.3) is 0 Å². The van der Waals surface area contributed by atoms with Gasteiger partial charge in [0.25, 0.3) is 0 Å². The quantitative estimate of drug-likeness (QED) is 0.792. The van der Waals surface area contributed by atoms with Gasteiger partial charge in [0.15, 0.2) is 0 Å². The maximum absolute atomic E-state index is 12.3. The van der Waals surface area contributed by atoms with E-state index in [0.717, 1.165) is 12.0 Å². The molecular formula is C15H18Cl3NO. The van der Waals surface area contributed by atoms with Crippen LogP contribution in [0.5, 0.6) is 0 Å². The van der Waals surface area contributed by atoms with E-state index in [1.165, 1.54) is 0 Å². The van der Waals surface area contributed by atoms with Crippen LogP contribution in [0.1, 0.15) is 38.8 Å². The Morgan fingerprint density at radius 1 is 1.35 bits per heavy atom. The summed E-state index contributed by atoms with van der Waals surface area (Å²) in [7, 11) is 0. The third-order valence-corrected chi connectivity index (χ3v) is 5.96. The first-order valence-corrected chi connectivity index (χ1v) is 7.81. The number of carbonyl (C=O) groups is 1. The van der Waals surface area contributed by atoms with Crippen molar-refractivity contribution in [2.45, 2.75) is 37.6 Å². The lowest BCUT2D eigenvalue weighted by Gasteiger charge is -2.15. The summed E-state index contributed by atoms with van der Waals surface area (Å²) in [5, 5.41) is 3.65. The summed E-state index contributed by atoms with van der Waals surface area (Å²) in [5.41, 5.74) is 0.649. The van der Waals surface area contributed by atoms with E-state index in [1.54, 1.807) is 12.1 Å². The molecule has 1 aliphatic carbocycles. The van der Waals surface area contributed by atoms with E-state index in [9.17, 15) is 4.79 Å². The number of hydrogen-bond acceptors (Lipinski definition) is 1. The van der Waals surface area contributed by atoms with E-state index in [4.69, 9.17) is 34.8 Å². The van der Waals surface area contributed by atoms with E-state index in [-0.39, 0.29) is 23.3 Å². The molecule has 1 aromatic carbocycles. The predicted octanol–water partition coefficient (Wildman–Crippen LogP) is 4.74. The van der Waals surface area contributed by atoms with Crippen LogP contribution < -0.4 is 5.32 Å². The standard InChI is InChI=1S/C15H18Cl3NO/c1-4-14(3)12(15(14,17)18)13(20)19-9(2)10-5-7-11(16)8-6-10/h5-9,12H,4H2,1-3H3,(H,19,20). The number of carbonyl (C=O) groups excluding carboxylic acids is 1. The molecule has 2 rings (SSSR count). The molecule has 0 spiro atoms. The highest BCUT2D eigenvalue weighted by atomic mass is 35.5. The first-order valence-electron chi connectivity index (χ1n) is 6.67. The molecule has 1 saturated carbocycles. The van der Waals surface area contributed by atoms with Gasteiger partial charge in [-0.05, 0) is 31.0 Å². The maximum Gasteiger partial charge on any atom is 0.227 e. The minimum atomic E-state index is -0.967. The monoisotopic (exact) mass is 333 g/mol. The lowest BCUT2D eigenvalue weighted by molar-refractivity contribution is -0.123. The van der Waals surface area contributed by atoms with Crippen molar-refractivity contribution in [3.63, 3.8) is 0 Å². The van der Waals surface area contributed by atoms with Crippen molar-refractivity contribution in [2.24, 2.45) is 11.3 Å². The summed E-state index contributed by atoms with van der Waals surface area (Å²) in [6.45, 7) is 5.87. The van der Waals surface area contributed by atoms with E-state index >= 15 is 0 Å². The fourth-order valence-corrected chi connectivity index (χ4v) is 3.79. The highest BCUT2D eigenvalue weighted by molar-refractivity contribution is 6.53. The third-order valence-electron chi connectivity index (χ3n) is 4.40. The molecule has 3 atom stereocenters. The fourth-order valence-electron chi connectivity index (χ4n) is 2.61. The molecule has 2 nitrogen and oxygen atoms in total. The van der Waals surface area contributed by atoms with Crippen molar-refractivity contribution in [3.8, 4) is 0 Å². The molecule has 0 aromatic heterocycles. The molecule has 110 valence electrons. The van der Waals surface area contributed by atoms with Gasteiger partial charge >= 0.3 is 0 Å². The summed E-state index contributed by atoms with van der Waals surface area (Å²) in [4.78, 5) is 12.3. The minimum Gasteiger partial charge on any atom is -0.349 e. The van der Waals surface area contributed by atoms with Crippen molar-refractivity contribution in [3.05, 3.63) is 34.9 Å². The second kappa shape index (κ2) is 5.40. The molecule has 1 fully saturated rings. The molecule has 0 bridgehead atoms. The fraction of sp³-hybridized carbons (Fsp3) is 0.533.